The van der Waals surface area contributed by atoms with Gasteiger partial charge in [-0.2, -0.15) is 0 Å². The van der Waals surface area contributed by atoms with E-state index < -0.39 is 0 Å². The van der Waals surface area contributed by atoms with Gasteiger partial charge in [-0.25, -0.2) is 4.98 Å². The van der Waals surface area contributed by atoms with Gasteiger partial charge in [-0.05, 0) is 42.8 Å². The first kappa shape index (κ1) is 22.5. The topological polar surface area (TPSA) is 92.4 Å². The molecular weight excluding hydrogens is 454 g/mol. The summed E-state index contributed by atoms with van der Waals surface area (Å²) in [5.41, 5.74) is 10.2. The molecule has 0 saturated carbocycles. The van der Waals surface area contributed by atoms with Crippen LogP contribution in [0.3, 0.4) is 0 Å². The van der Waals surface area contributed by atoms with Crippen molar-refractivity contribution < 1.29 is 4.79 Å². The van der Waals surface area contributed by atoms with Gasteiger partial charge < -0.3 is 16.4 Å². The van der Waals surface area contributed by atoms with Gasteiger partial charge in [0.1, 0.15) is 0 Å². The van der Waals surface area contributed by atoms with Gasteiger partial charge in [-0.1, -0.05) is 29.8 Å². The summed E-state index contributed by atoms with van der Waals surface area (Å²) in [6, 6.07) is 15.2. The van der Waals surface area contributed by atoms with Gasteiger partial charge in [-0.3, -0.25) is 9.79 Å². The number of pyridine rings is 1. The number of thiophene rings is 1. The summed E-state index contributed by atoms with van der Waals surface area (Å²) in [5, 5.41) is 9.56. The number of anilines is 3. The fourth-order valence-electron chi connectivity index (χ4n) is 3.38. The van der Waals surface area contributed by atoms with E-state index in [0.717, 1.165) is 26.9 Å². The average Bonchev–Trinajstić information content (AvgIpc) is 3.23. The molecule has 0 aliphatic carbocycles. The summed E-state index contributed by atoms with van der Waals surface area (Å²) >= 11 is 7.66. The van der Waals surface area contributed by atoms with Crippen molar-refractivity contribution in [1.29, 1.82) is 0 Å². The fraction of sp³-hybridized carbons (Fsp3) is 0.0800. The number of halogens is 1. The van der Waals surface area contributed by atoms with E-state index in [-0.39, 0.29) is 5.91 Å². The van der Waals surface area contributed by atoms with E-state index in [2.05, 4.69) is 20.6 Å². The molecule has 0 spiro atoms. The summed E-state index contributed by atoms with van der Waals surface area (Å²) in [4.78, 5) is 21.9. The van der Waals surface area contributed by atoms with Crippen LogP contribution in [0.5, 0.6) is 0 Å². The third kappa shape index (κ3) is 4.89. The lowest BCUT2D eigenvalue weighted by Crippen LogP contribution is -2.14. The Morgan fingerprint density at radius 1 is 1.18 bits per heavy atom. The van der Waals surface area contributed by atoms with Crippen LogP contribution in [0, 0.1) is 6.92 Å². The van der Waals surface area contributed by atoms with E-state index in [0.29, 0.717) is 27.7 Å². The maximum atomic E-state index is 13.3. The Bertz CT molecular complexity index is 1390. The first-order chi connectivity index (χ1) is 16.0. The number of amides is 1. The molecule has 0 aliphatic heterocycles. The van der Waals surface area contributed by atoms with Crippen molar-refractivity contribution in [3.8, 4) is 0 Å². The molecule has 2 heterocycles. The molecule has 0 unspecified atom stereocenters. The third-order valence-corrected chi connectivity index (χ3v) is 6.29. The first-order valence-corrected chi connectivity index (χ1v) is 11.4. The Morgan fingerprint density at radius 2 is 2.00 bits per heavy atom. The zero-order valence-electron chi connectivity index (χ0n) is 18.1. The zero-order chi connectivity index (χ0) is 23.4. The number of nitrogens with one attached hydrogen (secondary N) is 2. The van der Waals surface area contributed by atoms with E-state index in [4.69, 9.17) is 17.3 Å². The lowest BCUT2D eigenvalue weighted by molar-refractivity contribution is 0.102. The number of para-hydroxylation sites is 1. The molecule has 33 heavy (non-hydrogen) atoms. The van der Waals surface area contributed by atoms with Crippen molar-refractivity contribution in [2.75, 3.05) is 17.7 Å². The van der Waals surface area contributed by atoms with Crippen molar-refractivity contribution in [2.45, 2.75) is 6.92 Å². The van der Waals surface area contributed by atoms with Gasteiger partial charge in [0.15, 0.2) is 5.82 Å². The quantitative estimate of drug-likeness (QED) is 0.287. The highest BCUT2D eigenvalue weighted by atomic mass is 35.5. The number of carbonyl (C=O) groups is 1. The molecule has 0 bridgehead atoms. The number of benzene rings is 2. The predicted molar refractivity (Wildman–Crippen MR) is 140 cm³/mol. The van der Waals surface area contributed by atoms with Crippen LogP contribution in [0.15, 0.2) is 71.3 Å². The fourth-order valence-corrected chi connectivity index (χ4v) is 4.47. The Balaban J connectivity index is 1.75. The smallest absolute Gasteiger partial charge is 0.257 e. The second-order valence-corrected chi connectivity index (χ2v) is 8.66. The number of aromatic nitrogens is 1. The van der Waals surface area contributed by atoms with Crippen LogP contribution in [-0.2, 0) is 0 Å². The number of hydrogen-bond donors (Lipinski definition) is 3. The number of carbonyl (C=O) groups excluding carboxylic acids is 1. The Hall–Kier alpha value is -3.68. The highest BCUT2D eigenvalue weighted by Gasteiger charge is 2.17. The molecule has 4 aromatic rings. The van der Waals surface area contributed by atoms with E-state index in [1.165, 1.54) is 17.5 Å². The Morgan fingerprint density at radius 3 is 2.76 bits per heavy atom. The number of aryl methyl sites for hydroxylation is 1. The number of rotatable bonds is 6. The second kappa shape index (κ2) is 9.85. The highest BCUT2D eigenvalue weighted by Crippen LogP contribution is 2.32. The summed E-state index contributed by atoms with van der Waals surface area (Å²) in [6.07, 6.45) is 4.79. The molecule has 0 atom stereocenters. The SMILES string of the molecule is CN=C/C(=C\N)c1cnc(Nc2ccccc2C)c(NC(=O)c2csc3ccc(Cl)cc23)c1. The first-order valence-electron chi connectivity index (χ1n) is 10.2. The zero-order valence-corrected chi connectivity index (χ0v) is 19.7. The molecule has 0 fully saturated rings. The monoisotopic (exact) mass is 475 g/mol. The minimum atomic E-state index is -0.252. The van der Waals surface area contributed by atoms with E-state index >= 15 is 0 Å². The molecular formula is C25H22ClN5OS. The summed E-state index contributed by atoms with van der Waals surface area (Å²) in [7, 11) is 1.67. The van der Waals surface area contributed by atoms with Crippen molar-refractivity contribution in [3.05, 3.63) is 88.0 Å². The van der Waals surface area contributed by atoms with Crippen molar-refractivity contribution in [1.82, 2.24) is 4.98 Å². The molecule has 2 aromatic heterocycles. The molecule has 8 heteroatoms. The van der Waals surface area contributed by atoms with Crippen LogP contribution in [-0.4, -0.2) is 24.2 Å². The predicted octanol–water partition coefficient (Wildman–Crippen LogP) is 6.25. The van der Waals surface area contributed by atoms with Crippen LogP contribution >= 0.6 is 22.9 Å². The minimum absolute atomic E-state index is 0.252. The maximum Gasteiger partial charge on any atom is 0.257 e. The van der Waals surface area contributed by atoms with Gasteiger partial charge in [0, 0.05) is 63.0 Å². The normalized spacial score (nSPS) is 11.8. The average molecular weight is 476 g/mol. The highest BCUT2D eigenvalue weighted by molar-refractivity contribution is 7.17. The molecule has 166 valence electrons. The number of fused-ring (bicyclic) bond motifs is 1. The molecule has 2 aromatic carbocycles. The van der Waals surface area contributed by atoms with Gasteiger partial charge in [0.2, 0.25) is 0 Å². The van der Waals surface area contributed by atoms with Gasteiger partial charge in [0.25, 0.3) is 5.91 Å². The third-order valence-electron chi connectivity index (χ3n) is 5.10. The van der Waals surface area contributed by atoms with Crippen molar-refractivity contribution in [2.24, 2.45) is 10.7 Å². The van der Waals surface area contributed by atoms with E-state index in [1.54, 1.807) is 25.5 Å². The Labute approximate surface area is 200 Å². The number of nitrogens with two attached hydrogens (primary N) is 1. The van der Waals surface area contributed by atoms with Crippen molar-refractivity contribution >= 4 is 67.9 Å². The van der Waals surface area contributed by atoms with Crippen LogP contribution < -0.4 is 16.4 Å². The Kier molecular flexibility index (Phi) is 6.72. The number of allylic oxidation sites excluding steroid dienone is 1. The minimum Gasteiger partial charge on any atom is -0.404 e. The van der Waals surface area contributed by atoms with E-state index in [1.807, 2.05) is 54.8 Å². The molecule has 4 rings (SSSR count). The lowest BCUT2D eigenvalue weighted by Gasteiger charge is -2.15. The molecule has 4 N–H and O–H groups in total. The number of hydrogen-bond acceptors (Lipinski definition) is 6. The summed E-state index contributed by atoms with van der Waals surface area (Å²) < 4.78 is 0.988. The maximum absolute atomic E-state index is 13.3. The molecule has 1 amide bonds. The van der Waals surface area contributed by atoms with E-state index in [9.17, 15) is 4.79 Å². The second-order valence-electron chi connectivity index (χ2n) is 7.31. The molecule has 0 aliphatic rings. The van der Waals surface area contributed by atoms with Gasteiger partial charge in [0.05, 0.1) is 11.3 Å². The number of nitrogens with zero attached hydrogens (tertiary/aromatic N) is 2. The van der Waals surface area contributed by atoms with Crippen LogP contribution in [0.2, 0.25) is 5.02 Å². The lowest BCUT2D eigenvalue weighted by atomic mass is 10.1. The summed E-state index contributed by atoms with van der Waals surface area (Å²) in [6.45, 7) is 2.00. The van der Waals surface area contributed by atoms with Gasteiger partial charge >= 0.3 is 0 Å². The summed E-state index contributed by atoms with van der Waals surface area (Å²) in [5.74, 6) is 0.265. The van der Waals surface area contributed by atoms with Crippen molar-refractivity contribution in [3.63, 3.8) is 0 Å². The van der Waals surface area contributed by atoms with Crippen LogP contribution in [0.1, 0.15) is 21.5 Å². The largest absolute Gasteiger partial charge is 0.404 e. The van der Waals surface area contributed by atoms with Crippen LogP contribution in [0.4, 0.5) is 17.2 Å². The number of aliphatic imine (C=N–C) groups is 1. The molecule has 0 radical (unpaired) electrons. The van der Waals surface area contributed by atoms with Gasteiger partial charge in [-0.15, -0.1) is 11.3 Å². The molecule has 6 nitrogen and oxygen atoms in total. The molecule has 0 saturated heterocycles. The van der Waals surface area contributed by atoms with Crippen LogP contribution in [0.25, 0.3) is 15.7 Å². The standard InChI is InChI=1S/C25H22ClN5OS/c1-15-5-3-4-6-21(15)30-24-22(9-16(13-29-24)17(11-27)12-28-2)31-25(32)20-14-33-23-8-7-18(26)10-19(20)23/h3-14H,27H2,1-2H3,(H,29,30)(H,31,32)/b17-11+,28-12?.